The van der Waals surface area contributed by atoms with Crippen LogP contribution in [0.1, 0.15) is 96.8 Å². The lowest BCUT2D eigenvalue weighted by molar-refractivity contribution is -0.187. The Morgan fingerprint density at radius 2 is 1.39 bits per heavy atom. The van der Waals surface area contributed by atoms with Crippen LogP contribution in [0.15, 0.2) is 0 Å². The second-order valence-corrected chi connectivity index (χ2v) is 8.44. The number of aliphatic hydroxyl groups is 2. The van der Waals surface area contributed by atoms with Gasteiger partial charge in [-0.3, -0.25) is 4.79 Å². The Hall–Kier alpha value is -0.690. The molecule has 0 aromatic carbocycles. The quantitative estimate of drug-likeness (QED) is 0.367. The van der Waals surface area contributed by atoms with Crippen molar-refractivity contribution in [2.24, 2.45) is 0 Å². The molecule has 0 spiro atoms. The lowest BCUT2D eigenvalue weighted by Gasteiger charge is -2.36. The van der Waals surface area contributed by atoms with Gasteiger partial charge in [-0.2, -0.15) is 0 Å². The van der Waals surface area contributed by atoms with Crippen LogP contribution < -0.4 is 5.32 Å². The van der Waals surface area contributed by atoms with Crippen molar-refractivity contribution in [3.63, 3.8) is 0 Å². The summed E-state index contributed by atoms with van der Waals surface area (Å²) in [5.74, 6) is -0.114. The average molecular weight is 400 g/mol. The van der Waals surface area contributed by atoms with Crippen LogP contribution in [0.25, 0.3) is 0 Å². The Morgan fingerprint density at radius 3 is 1.96 bits per heavy atom. The number of aliphatic hydroxyl groups excluding tert-OH is 2. The van der Waals surface area contributed by atoms with Crippen LogP contribution in [-0.2, 0) is 14.3 Å². The van der Waals surface area contributed by atoms with Gasteiger partial charge in [0.25, 0.3) is 0 Å². The molecule has 6 heteroatoms. The molecule has 0 aromatic rings. The van der Waals surface area contributed by atoms with Gasteiger partial charge in [0.1, 0.15) is 24.4 Å². The number of hydrogen-bond acceptors (Lipinski definition) is 5. The molecule has 2 rings (SSSR count). The van der Waals surface area contributed by atoms with E-state index in [1.54, 1.807) is 0 Å². The van der Waals surface area contributed by atoms with E-state index >= 15 is 0 Å². The molecular formula is C22H41NO5. The Morgan fingerprint density at radius 1 is 0.857 bits per heavy atom. The van der Waals surface area contributed by atoms with E-state index < -0.39 is 30.6 Å². The van der Waals surface area contributed by atoms with Crippen LogP contribution >= 0.6 is 0 Å². The molecule has 1 amide bonds. The molecule has 2 aliphatic rings. The molecule has 164 valence electrons. The fraction of sp³-hybridized carbons (Fsp3) is 0.955. The summed E-state index contributed by atoms with van der Waals surface area (Å²) in [4.78, 5) is 12.1. The van der Waals surface area contributed by atoms with Crippen molar-refractivity contribution in [1.82, 2.24) is 5.32 Å². The van der Waals surface area contributed by atoms with Crippen molar-refractivity contribution >= 4 is 5.91 Å². The minimum absolute atomic E-state index is 0.114. The number of ether oxygens (including phenoxy) is 2. The Labute approximate surface area is 170 Å². The molecule has 28 heavy (non-hydrogen) atoms. The van der Waals surface area contributed by atoms with Gasteiger partial charge in [-0.15, -0.1) is 0 Å². The zero-order valence-electron chi connectivity index (χ0n) is 17.6. The molecule has 3 N–H and O–H groups in total. The Kier molecular flexibility index (Phi) is 11.4. The molecule has 0 unspecified atom stereocenters. The van der Waals surface area contributed by atoms with Gasteiger partial charge in [-0.25, -0.2) is 0 Å². The van der Waals surface area contributed by atoms with Gasteiger partial charge >= 0.3 is 0 Å². The predicted octanol–water partition coefficient (Wildman–Crippen LogP) is 3.43. The summed E-state index contributed by atoms with van der Waals surface area (Å²) < 4.78 is 10.9. The molecule has 2 heterocycles. The van der Waals surface area contributed by atoms with Crippen molar-refractivity contribution in [1.29, 1.82) is 0 Å². The van der Waals surface area contributed by atoms with E-state index in [1.807, 2.05) is 0 Å². The van der Waals surface area contributed by atoms with Gasteiger partial charge in [-0.1, -0.05) is 84.0 Å². The maximum absolute atomic E-state index is 12.1. The minimum Gasteiger partial charge on any atom is -0.388 e. The summed E-state index contributed by atoms with van der Waals surface area (Å²) in [6.07, 6.45) is 13.8. The molecule has 6 nitrogen and oxygen atoms in total. The number of nitrogens with one attached hydrogen (secondary N) is 1. The summed E-state index contributed by atoms with van der Waals surface area (Å²) >= 11 is 0. The number of carbonyl (C=O) groups excluding carboxylic acids is 1. The summed E-state index contributed by atoms with van der Waals surface area (Å²) in [7, 11) is 0. The van der Waals surface area contributed by atoms with E-state index in [-0.39, 0.29) is 12.5 Å². The molecule has 5 atom stereocenters. The van der Waals surface area contributed by atoms with Gasteiger partial charge < -0.3 is 25.0 Å². The van der Waals surface area contributed by atoms with E-state index in [1.165, 1.54) is 70.6 Å². The first kappa shape index (κ1) is 23.6. The number of carbonyl (C=O) groups is 1. The summed E-state index contributed by atoms with van der Waals surface area (Å²) in [6, 6.07) is -0.691. The molecular weight excluding hydrogens is 358 g/mol. The highest BCUT2D eigenvalue weighted by molar-refractivity contribution is 5.76. The highest BCUT2D eigenvalue weighted by Crippen LogP contribution is 2.28. The third kappa shape index (κ3) is 7.97. The summed E-state index contributed by atoms with van der Waals surface area (Å²) in [5.41, 5.74) is 0. The lowest BCUT2D eigenvalue weighted by Crippen LogP contribution is -2.60. The zero-order valence-corrected chi connectivity index (χ0v) is 17.6. The monoisotopic (exact) mass is 399 g/mol. The van der Waals surface area contributed by atoms with Crippen molar-refractivity contribution < 1.29 is 24.5 Å². The van der Waals surface area contributed by atoms with Crippen LogP contribution in [0.4, 0.5) is 0 Å². The fourth-order valence-corrected chi connectivity index (χ4v) is 4.12. The van der Waals surface area contributed by atoms with E-state index in [9.17, 15) is 15.0 Å². The topological polar surface area (TPSA) is 88.0 Å². The second-order valence-electron chi connectivity index (χ2n) is 8.44. The minimum atomic E-state index is -1.04. The van der Waals surface area contributed by atoms with Crippen molar-refractivity contribution in [3.05, 3.63) is 0 Å². The molecule has 0 aromatic heterocycles. The standard InChI is InChI=1S/C22H41NO5/c1-2-3-4-5-6-7-8-9-10-11-12-13-14-15-18(24)23-19-21(26)20(25)17-16-27-22(19)28-17/h17,19-22,25-26H,2-16H2,1H3,(H,23,24)/t17-,19-,20-,21-,22-/m1/s1. The van der Waals surface area contributed by atoms with Gasteiger partial charge in [-0.05, 0) is 6.42 Å². The highest BCUT2D eigenvalue weighted by Gasteiger charge is 2.49. The number of unbranched alkanes of at least 4 members (excludes halogenated alkanes) is 12. The predicted molar refractivity (Wildman–Crippen MR) is 109 cm³/mol. The van der Waals surface area contributed by atoms with Crippen LogP contribution in [0.5, 0.6) is 0 Å². The SMILES string of the molecule is CCCCCCCCCCCCCCCC(=O)N[C@H]1[C@@H]2OC[C@@H](O2)[C@@H](O)[C@@H]1O. The first-order valence-corrected chi connectivity index (χ1v) is 11.6. The van der Waals surface area contributed by atoms with Crippen molar-refractivity contribution in [2.75, 3.05) is 6.61 Å². The third-order valence-electron chi connectivity index (χ3n) is 5.96. The maximum Gasteiger partial charge on any atom is 0.220 e. The van der Waals surface area contributed by atoms with E-state index in [2.05, 4.69) is 12.2 Å². The molecule has 0 radical (unpaired) electrons. The largest absolute Gasteiger partial charge is 0.388 e. The first-order chi connectivity index (χ1) is 13.6. The summed E-state index contributed by atoms with van der Waals surface area (Å²) in [5, 5.41) is 22.8. The van der Waals surface area contributed by atoms with Crippen LogP contribution in [0, 0.1) is 0 Å². The molecule has 2 aliphatic heterocycles. The first-order valence-electron chi connectivity index (χ1n) is 11.6. The highest BCUT2D eigenvalue weighted by atomic mass is 16.7. The van der Waals surface area contributed by atoms with Crippen LogP contribution in [-0.4, -0.2) is 53.4 Å². The normalized spacial score (nSPS) is 29.2. The van der Waals surface area contributed by atoms with Crippen molar-refractivity contribution in [2.45, 2.75) is 127 Å². The van der Waals surface area contributed by atoms with Gasteiger partial charge in [0.2, 0.25) is 5.91 Å². The number of hydrogen-bond donors (Lipinski definition) is 3. The second kappa shape index (κ2) is 13.5. The molecule has 0 aliphatic carbocycles. The van der Waals surface area contributed by atoms with E-state index in [4.69, 9.17) is 9.47 Å². The van der Waals surface area contributed by atoms with Crippen LogP contribution in [0.2, 0.25) is 0 Å². The fourth-order valence-electron chi connectivity index (χ4n) is 4.12. The van der Waals surface area contributed by atoms with Crippen molar-refractivity contribution in [3.8, 4) is 0 Å². The average Bonchev–Trinajstić information content (AvgIpc) is 3.14. The molecule has 2 bridgehead atoms. The Balaban J connectivity index is 1.41. The number of fused-ring (bicyclic) bond motifs is 2. The zero-order chi connectivity index (χ0) is 20.2. The number of amides is 1. The van der Waals surface area contributed by atoms with E-state index in [0.717, 1.165) is 12.8 Å². The van der Waals surface area contributed by atoms with Gasteiger partial charge in [0, 0.05) is 6.42 Å². The Bertz CT molecular complexity index is 433. The maximum atomic E-state index is 12.1. The summed E-state index contributed by atoms with van der Waals surface area (Å²) in [6.45, 7) is 2.51. The van der Waals surface area contributed by atoms with Gasteiger partial charge in [0.15, 0.2) is 6.29 Å². The third-order valence-corrected chi connectivity index (χ3v) is 5.96. The molecule has 0 saturated carbocycles. The smallest absolute Gasteiger partial charge is 0.220 e. The van der Waals surface area contributed by atoms with Crippen LogP contribution in [0.3, 0.4) is 0 Å². The lowest BCUT2D eigenvalue weighted by atomic mass is 9.98. The van der Waals surface area contributed by atoms with Gasteiger partial charge in [0.05, 0.1) is 6.61 Å². The molecule has 2 saturated heterocycles. The number of rotatable bonds is 15. The van der Waals surface area contributed by atoms with E-state index in [0.29, 0.717) is 6.42 Å². The molecule has 2 fully saturated rings.